The zero-order valence-corrected chi connectivity index (χ0v) is 11.7. The number of furan rings is 1. The molecule has 1 aromatic carbocycles. The van der Waals surface area contributed by atoms with Crippen LogP contribution in [0, 0.1) is 0 Å². The van der Waals surface area contributed by atoms with Crippen LogP contribution in [0.15, 0.2) is 21.4 Å². The topological polar surface area (TPSA) is 96.6 Å². The van der Waals surface area contributed by atoms with Crippen LogP contribution in [0.3, 0.4) is 0 Å². The van der Waals surface area contributed by atoms with Gasteiger partial charge in [0.05, 0.1) is 9.92 Å². The molecular formula is C10H7Cl2NO5S. The molecule has 0 aliphatic rings. The zero-order chi connectivity index (χ0) is 14.4. The second-order valence-electron chi connectivity index (χ2n) is 3.54. The quantitative estimate of drug-likeness (QED) is 0.903. The van der Waals surface area contributed by atoms with E-state index in [1.807, 2.05) is 0 Å². The van der Waals surface area contributed by atoms with Crippen LogP contribution >= 0.6 is 23.2 Å². The van der Waals surface area contributed by atoms with E-state index in [4.69, 9.17) is 32.7 Å². The summed E-state index contributed by atoms with van der Waals surface area (Å²) >= 11 is 11.7. The average molecular weight is 324 g/mol. The van der Waals surface area contributed by atoms with Crippen molar-refractivity contribution in [1.82, 2.24) is 4.72 Å². The van der Waals surface area contributed by atoms with Crippen molar-refractivity contribution in [2.45, 2.75) is 4.90 Å². The highest BCUT2D eigenvalue weighted by Crippen LogP contribution is 2.37. The Morgan fingerprint density at radius 1 is 1.37 bits per heavy atom. The molecule has 0 atom stereocenters. The number of nitrogens with one attached hydrogen (secondary N) is 1. The van der Waals surface area contributed by atoms with Crippen LogP contribution in [0.4, 0.5) is 0 Å². The van der Waals surface area contributed by atoms with Crippen molar-refractivity contribution in [2.24, 2.45) is 0 Å². The van der Waals surface area contributed by atoms with Gasteiger partial charge in [-0.15, -0.1) is 0 Å². The normalized spacial score (nSPS) is 11.9. The summed E-state index contributed by atoms with van der Waals surface area (Å²) in [7, 11) is -2.60. The first-order valence-corrected chi connectivity index (χ1v) is 7.10. The smallest absolute Gasteiger partial charge is 0.371 e. The molecule has 6 nitrogen and oxygen atoms in total. The molecule has 2 aromatic rings. The van der Waals surface area contributed by atoms with Gasteiger partial charge in [0, 0.05) is 11.5 Å². The Balaban J connectivity index is 2.93. The van der Waals surface area contributed by atoms with E-state index in [0.29, 0.717) is 0 Å². The highest BCUT2D eigenvalue weighted by atomic mass is 35.5. The first-order valence-electron chi connectivity index (χ1n) is 4.86. The molecule has 9 heteroatoms. The molecule has 0 amide bonds. The number of carboxylic acid groups (broad SMARTS) is 1. The molecule has 0 radical (unpaired) electrons. The number of hydrogen-bond donors (Lipinski definition) is 2. The van der Waals surface area contributed by atoms with Gasteiger partial charge < -0.3 is 9.52 Å². The number of benzene rings is 1. The predicted octanol–water partition coefficient (Wildman–Crippen LogP) is 2.35. The molecule has 2 N–H and O–H groups in total. The van der Waals surface area contributed by atoms with E-state index in [1.165, 1.54) is 7.05 Å². The van der Waals surface area contributed by atoms with Crippen LogP contribution in [0.1, 0.15) is 10.6 Å². The second-order valence-corrected chi connectivity index (χ2v) is 6.18. The summed E-state index contributed by atoms with van der Waals surface area (Å²) in [5, 5.41) is 8.83. The SMILES string of the molecule is CNS(=O)(=O)c1cc(Cl)c(Cl)c2oc(C(=O)O)cc12. The van der Waals surface area contributed by atoms with Crippen LogP contribution in [0.25, 0.3) is 11.0 Å². The summed E-state index contributed by atoms with van der Waals surface area (Å²) in [4.78, 5) is 10.7. The van der Waals surface area contributed by atoms with Crippen molar-refractivity contribution >= 4 is 50.2 Å². The lowest BCUT2D eigenvalue weighted by Crippen LogP contribution is -2.18. The molecule has 2 rings (SSSR count). The average Bonchev–Trinajstić information content (AvgIpc) is 2.78. The highest BCUT2D eigenvalue weighted by molar-refractivity contribution is 7.89. The van der Waals surface area contributed by atoms with Crippen molar-refractivity contribution < 1.29 is 22.7 Å². The van der Waals surface area contributed by atoms with Gasteiger partial charge in [0.1, 0.15) is 5.02 Å². The number of carbonyl (C=O) groups is 1. The van der Waals surface area contributed by atoms with E-state index < -0.39 is 21.8 Å². The summed E-state index contributed by atoms with van der Waals surface area (Å²) in [5.74, 6) is -1.76. The minimum Gasteiger partial charge on any atom is -0.475 e. The number of sulfonamides is 1. The Morgan fingerprint density at radius 3 is 2.53 bits per heavy atom. The monoisotopic (exact) mass is 323 g/mol. The Labute approximate surface area is 118 Å². The van der Waals surface area contributed by atoms with Gasteiger partial charge in [0.25, 0.3) is 0 Å². The number of halogens is 2. The summed E-state index contributed by atoms with van der Waals surface area (Å²) < 4.78 is 30.8. The van der Waals surface area contributed by atoms with Gasteiger partial charge in [-0.2, -0.15) is 0 Å². The maximum Gasteiger partial charge on any atom is 0.371 e. The van der Waals surface area contributed by atoms with Crippen molar-refractivity contribution in [3.8, 4) is 0 Å². The fraction of sp³-hybridized carbons (Fsp3) is 0.100. The van der Waals surface area contributed by atoms with Gasteiger partial charge >= 0.3 is 5.97 Å². The molecule has 1 heterocycles. The van der Waals surface area contributed by atoms with Crippen LogP contribution in [-0.4, -0.2) is 26.5 Å². The third kappa shape index (κ3) is 2.30. The molecule has 0 spiro atoms. The lowest BCUT2D eigenvalue weighted by atomic mass is 10.2. The maximum atomic E-state index is 11.9. The standard InChI is InChI=1S/C10H7Cl2NO5S/c1-13-19(16,17)7-3-5(11)8(12)9-4(7)2-6(18-9)10(14)15/h2-3,13H,1H3,(H,14,15). The minimum atomic E-state index is -3.82. The van der Waals surface area contributed by atoms with Crippen molar-refractivity contribution in [3.05, 3.63) is 27.9 Å². The molecule has 0 bridgehead atoms. The highest BCUT2D eigenvalue weighted by Gasteiger charge is 2.24. The molecule has 0 aliphatic heterocycles. The largest absolute Gasteiger partial charge is 0.475 e. The van der Waals surface area contributed by atoms with Crippen LogP contribution < -0.4 is 4.72 Å². The maximum absolute atomic E-state index is 11.9. The predicted molar refractivity (Wildman–Crippen MR) is 69.4 cm³/mol. The van der Waals surface area contributed by atoms with Gasteiger partial charge in [0.15, 0.2) is 5.58 Å². The molecule has 0 fully saturated rings. The third-order valence-corrected chi connectivity index (χ3v) is 4.66. The van der Waals surface area contributed by atoms with Gasteiger partial charge in [0.2, 0.25) is 15.8 Å². The Morgan fingerprint density at radius 2 is 2.00 bits per heavy atom. The number of carboxylic acids is 1. The van der Waals surface area contributed by atoms with E-state index in [1.54, 1.807) is 0 Å². The number of rotatable bonds is 3. The van der Waals surface area contributed by atoms with E-state index >= 15 is 0 Å². The Bertz CT molecular complexity index is 781. The van der Waals surface area contributed by atoms with Crippen LogP contribution in [0.5, 0.6) is 0 Å². The van der Waals surface area contributed by atoms with Crippen LogP contribution in [0.2, 0.25) is 10.0 Å². The molecular weight excluding hydrogens is 317 g/mol. The van der Waals surface area contributed by atoms with Gasteiger partial charge in [-0.25, -0.2) is 17.9 Å². The zero-order valence-electron chi connectivity index (χ0n) is 9.40. The van der Waals surface area contributed by atoms with Gasteiger partial charge in [-0.1, -0.05) is 23.2 Å². The summed E-state index contributed by atoms with van der Waals surface area (Å²) in [6.45, 7) is 0. The fourth-order valence-corrected chi connectivity index (χ4v) is 2.93. The summed E-state index contributed by atoms with van der Waals surface area (Å²) in [6.07, 6.45) is 0. The summed E-state index contributed by atoms with van der Waals surface area (Å²) in [5.41, 5.74) is -0.0830. The molecule has 1 aromatic heterocycles. The lowest BCUT2D eigenvalue weighted by molar-refractivity contribution is 0.0665. The Hall–Kier alpha value is -1.28. The van der Waals surface area contributed by atoms with E-state index in [0.717, 1.165) is 12.1 Å². The first kappa shape index (κ1) is 14.1. The van der Waals surface area contributed by atoms with Crippen LogP contribution in [-0.2, 0) is 10.0 Å². The molecule has 19 heavy (non-hydrogen) atoms. The number of aromatic carboxylic acids is 1. The molecule has 102 valence electrons. The number of fused-ring (bicyclic) bond motifs is 1. The second kappa shape index (κ2) is 4.68. The molecule has 0 saturated carbocycles. The Kier molecular flexibility index (Phi) is 3.48. The van der Waals surface area contributed by atoms with Crippen molar-refractivity contribution in [3.63, 3.8) is 0 Å². The lowest BCUT2D eigenvalue weighted by Gasteiger charge is -2.05. The van der Waals surface area contributed by atoms with E-state index in [9.17, 15) is 13.2 Å². The summed E-state index contributed by atoms with van der Waals surface area (Å²) in [6, 6.07) is 2.23. The van der Waals surface area contributed by atoms with Gasteiger partial charge in [-0.3, -0.25) is 0 Å². The molecule has 0 unspecified atom stereocenters. The molecule has 0 aliphatic carbocycles. The van der Waals surface area contributed by atoms with Crippen molar-refractivity contribution in [1.29, 1.82) is 0 Å². The first-order chi connectivity index (χ1) is 8.77. The van der Waals surface area contributed by atoms with Crippen molar-refractivity contribution in [2.75, 3.05) is 7.05 Å². The van der Waals surface area contributed by atoms with Gasteiger partial charge in [-0.05, 0) is 13.1 Å². The fourth-order valence-electron chi connectivity index (χ4n) is 1.54. The minimum absolute atomic E-state index is 0.0424. The third-order valence-electron chi connectivity index (χ3n) is 2.43. The van der Waals surface area contributed by atoms with E-state index in [-0.39, 0.29) is 25.9 Å². The molecule has 0 saturated heterocycles. The number of hydrogen-bond acceptors (Lipinski definition) is 4. The van der Waals surface area contributed by atoms with E-state index in [2.05, 4.69) is 4.72 Å².